The Bertz CT molecular complexity index is 722. The normalized spacial score (nSPS) is 20.9. The van der Waals surface area contributed by atoms with Gasteiger partial charge in [-0.05, 0) is 48.8 Å². The molecule has 23 heavy (non-hydrogen) atoms. The number of nitrogens with one attached hydrogen (secondary N) is 1. The zero-order valence-electron chi connectivity index (χ0n) is 13.7. The Morgan fingerprint density at radius 3 is 2.39 bits per heavy atom. The van der Waals surface area contributed by atoms with Crippen molar-refractivity contribution in [1.82, 2.24) is 4.72 Å². The Kier molecular flexibility index (Phi) is 5.86. The molecule has 0 amide bonds. The molecular weight excluding hydrogens is 334 g/mol. The van der Waals surface area contributed by atoms with E-state index in [1.54, 1.807) is 12.1 Å². The largest absolute Gasteiger partial charge is 0.240 e. The SMILES string of the molecule is CC(C)c1ccc(S(=O)(=O)NCCCC2CCS(=O)(=O)C2)cc1. The number of hydrogen-bond acceptors (Lipinski definition) is 4. The van der Waals surface area contributed by atoms with Crippen LogP contribution in [-0.4, -0.2) is 34.9 Å². The summed E-state index contributed by atoms with van der Waals surface area (Å²) in [4.78, 5) is 0.269. The Hall–Kier alpha value is -0.920. The lowest BCUT2D eigenvalue weighted by Crippen LogP contribution is -2.25. The molecule has 0 radical (unpaired) electrons. The second kappa shape index (κ2) is 7.32. The van der Waals surface area contributed by atoms with Gasteiger partial charge in [0.15, 0.2) is 9.84 Å². The molecule has 1 aromatic rings. The molecule has 1 aliphatic heterocycles. The van der Waals surface area contributed by atoms with Crippen LogP contribution >= 0.6 is 0 Å². The van der Waals surface area contributed by atoms with Crippen molar-refractivity contribution < 1.29 is 16.8 Å². The van der Waals surface area contributed by atoms with E-state index in [-0.39, 0.29) is 22.3 Å². The molecule has 130 valence electrons. The molecule has 1 N–H and O–H groups in total. The van der Waals surface area contributed by atoms with Crippen LogP contribution in [0.25, 0.3) is 0 Å². The second-order valence-corrected chi connectivity index (χ2v) is 10.5. The van der Waals surface area contributed by atoms with E-state index in [0.717, 1.165) is 12.0 Å². The molecule has 0 bridgehead atoms. The van der Waals surface area contributed by atoms with Crippen molar-refractivity contribution in [2.45, 2.75) is 43.9 Å². The lowest BCUT2D eigenvalue weighted by molar-refractivity contribution is 0.512. The zero-order valence-corrected chi connectivity index (χ0v) is 15.3. The molecule has 0 spiro atoms. The number of sulfone groups is 1. The smallest absolute Gasteiger partial charge is 0.229 e. The molecule has 1 aliphatic rings. The molecule has 1 unspecified atom stereocenters. The Morgan fingerprint density at radius 2 is 1.87 bits per heavy atom. The van der Waals surface area contributed by atoms with E-state index in [4.69, 9.17) is 0 Å². The van der Waals surface area contributed by atoms with Crippen molar-refractivity contribution in [3.63, 3.8) is 0 Å². The minimum atomic E-state index is -3.49. The molecule has 0 aromatic heterocycles. The Balaban J connectivity index is 1.82. The molecule has 0 saturated carbocycles. The van der Waals surface area contributed by atoms with E-state index >= 15 is 0 Å². The monoisotopic (exact) mass is 359 g/mol. The summed E-state index contributed by atoms with van der Waals surface area (Å²) < 4.78 is 49.8. The average molecular weight is 360 g/mol. The highest BCUT2D eigenvalue weighted by molar-refractivity contribution is 7.91. The predicted octanol–water partition coefficient (Wildman–Crippen LogP) is 2.30. The Morgan fingerprint density at radius 1 is 1.22 bits per heavy atom. The van der Waals surface area contributed by atoms with E-state index in [0.29, 0.717) is 25.3 Å². The minimum Gasteiger partial charge on any atom is -0.229 e. The summed E-state index contributed by atoms with van der Waals surface area (Å²) in [5, 5.41) is 0. The average Bonchev–Trinajstić information content (AvgIpc) is 2.83. The fourth-order valence-corrected chi connectivity index (χ4v) is 5.80. The van der Waals surface area contributed by atoms with E-state index in [9.17, 15) is 16.8 Å². The third kappa shape index (κ3) is 5.29. The van der Waals surface area contributed by atoms with Gasteiger partial charge in [-0.15, -0.1) is 0 Å². The van der Waals surface area contributed by atoms with Crippen LogP contribution in [-0.2, 0) is 19.9 Å². The molecule has 0 aliphatic carbocycles. The van der Waals surface area contributed by atoms with Crippen LogP contribution in [0.1, 0.15) is 44.6 Å². The van der Waals surface area contributed by atoms with E-state index in [1.807, 2.05) is 12.1 Å². The van der Waals surface area contributed by atoms with Crippen molar-refractivity contribution in [3.8, 4) is 0 Å². The number of rotatable bonds is 7. The van der Waals surface area contributed by atoms with Crippen molar-refractivity contribution in [1.29, 1.82) is 0 Å². The van der Waals surface area contributed by atoms with E-state index in [2.05, 4.69) is 18.6 Å². The van der Waals surface area contributed by atoms with Gasteiger partial charge in [-0.2, -0.15) is 0 Å². The lowest BCUT2D eigenvalue weighted by Gasteiger charge is -2.10. The topological polar surface area (TPSA) is 80.3 Å². The predicted molar refractivity (Wildman–Crippen MR) is 91.7 cm³/mol. The maximum Gasteiger partial charge on any atom is 0.240 e. The summed E-state index contributed by atoms with van der Waals surface area (Å²) in [6, 6.07) is 6.92. The van der Waals surface area contributed by atoms with Gasteiger partial charge >= 0.3 is 0 Å². The number of benzene rings is 1. The van der Waals surface area contributed by atoms with Crippen LogP contribution < -0.4 is 4.72 Å². The molecule has 5 nitrogen and oxygen atoms in total. The fourth-order valence-electron chi connectivity index (χ4n) is 2.81. The highest BCUT2D eigenvalue weighted by atomic mass is 32.2. The van der Waals surface area contributed by atoms with E-state index < -0.39 is 19.9 Å². The standard InChI is InChI=1S/C16H25NO4S2/c1-13(2)15-5-7-16(8-6-15)23(20,21)17-10-3-4-14-9-11-22(18,19)12-14/h5-8,13-14,17H,3-4,9-12H2,1-2H3. The second-order valence-electron chi connectivity index (χ2n) is 6.53. The van der Waals surface area contributed by atoms with Crippen molar-refractivity contribution in [2.24, 2.45) is 5.92 Å². The van der Waals surface area contributed by atoms with Crippen molar-refractivity contribution in [3.05, 3.63) is 29.8 Å². The van der Waals surface area contributed by atoms with Gasteiger partial charge in [0.2, 0.25) is 10.0 Å². The minimum absolute atomic E-state index is 0.176. The molecular formula is C16H25NO4S2. The summed E-state index contributed by atoms with van der Waals surface area (Å²) >= 11 is 0. The number of sulfonamides is 1. The zero-order chi connectivity index (χ0) is 17.1. The molecule has 2 rings (SSSR count). The highest BCUT2D eigenvalue weighted by Gasteiger charge is 2.27. The molecule has 1 fully saturated rings. The van der Waals surface area contributed by atoms with Crippen LogP contribution in [0.15, 0.2) is 29.2 Å². The molecule has 1 heterocycles. The quantitative estimate of drug-likeness (QED) is 0.758. The first-order chi connectivity index (χ1) is 10.7. The number of hydrogen-bond donors (Lipinski definition) is 1. The first kappa shape index (κ1) is 18.4. The third-order valence-corrected chi connectivity index (χ3v) is 7.58. The van der Waals surface area contributed by atoms with Gasteiger partial charge in [0.05, 0.1) is 16.4 Å². The maximum absolute atomic E-state index is 12.2. The van der Waals surface area contributed by atoms with Crippen LogP contribution in [0.4, 0.5) is 0 Å². The summed E-state index contributed by atoms with van der Waals surface area (Å²) in [6.45, 7) is 4.46. The molecule has 1 saturated heterocycles. The third-order valence-electron chi connectivity index (χ3n) is 4.27. The van der Waals surface area contributed by atoms with Crippen LogP contribution in [0.5, 0.6) is 0 Å². The van der Waals surface area contributed by atoms with Gasteiger partial charge in [-0.3, -0.25) is 0 Å². The summed E-state index contributed by atoms with van der Waals surface area (Å²) in [5.74, 6) is 1.05. The summed E-state index contributed by atoms with van der Waals surface area (Å²) in [6.07, 6.45) is 2.10. The van der Waals surface area contributed by atoms with Gasteiger partial charge < -0.3 is 0 Å². The molecule has 1 atom stereocenters. The molecule has 1 aromatic carbocycles. The Labute approximate surface area is 139 Å². The van der Waals surface area contributed by atoms with E-state index in [1.165, 1.54) is 0 Å². The highest BCUT2D eigenvalue weighted by Crippen LogP contribution is 2.22. The van der Waals surface area contributed by atoms with Crippen LogP contribution in [0, 0.1) is 5.92 Å². The first-order valence-electron chi connectivity index (χ1n) is 8.00. The maximum atomic E-state index is 12.2. The summed E-state index contributed by atoms with van der Waals surface area (Å²) in [7, 11) is -6.34. The van der Waals surface area contributed by atoms with Crippen LogP contribution in [0.3, 0.4) is 0 Å². The van der Waals surface area contributed by atoms with Gasteiger partial charge in [-0.1, -0.05) is 26.0 Å². The fraction of sp³-hybridized carbons (Fsp3) is 0.625. The van der Waals surface area contributed by atoms with Gasteiger partial charge in [0.25, 0.3) is 0 Å². The first-order valence-corrected chi connectivity index (χ1v) is 11.3. The van der Waals surface area contributed by atoms with Gasteiger partial charge in [0.1, 0.15) is 0 Å². The molecule has 7 heteroatoms. The van der Waals surface area contributed by atoms with Gasteiger partial charge in [0, 0.05) is 6.54 Å². The van der Waals surface area contributed by atoms with Crippen molar-refractivity contribution in [2.75, 3.05) is 18.1 Å². The lowest BCUT2D eigenvalue weighted by atomic mass is 10.0. The van der Waals surface area contributed by atoms with Crippen molar-refractivity contribution >= 4 is 19.9 Å². The van der Waals surface area contributed by atoms with Crippen LogP contribution in [0.2, 0.25) is 0 Å². The van der Waals surface area contributed by atoms with Gasteiger partial charge in [-0.25, -0.2) is 21.6 Å². The summed E-state index contributed by atoms with van der Waals surface area (Å²) in [5.41, 5.74) is 1.10.